The number of hydrogen-bond donors (Lipinski definition) is 2. The first-order chi connectivity index (χ1) is 17.2. The van der Waals surface area contributed by atoms with Crippen molar-refractivity contribution in [1.29, 1.82) is 0 Å². The number of amides is 1. The van der Waals surface area contributed by atoms with E-state index in [4.69, 9.17) is 22.1 Å². The highest BCUT2D eigenvalue weighted by Gasteiger charge is 2.23. The molecule has 9 nitrogen and oxygen atoms in total. The number of carbonyl (C=O) groups is 1. The Kier molecular flexibility index (Phi) is 7.84. The molecule has 36 heavy (non-hydrogen) atoms. The Morgan fingerprint density at radius 1 is 1.19 bits per heavy atom. The van der Waals surface area contributed by atoms with Crippen LogP contribution in [-0.4, -0.2) is 49.7 Å². The van der Waals surface area contributed by atoms with Crippen molar-refractivity contribution in [3.63, 3.8) is 0 Å². The third-order valence-electron chi connectivity index (χ3n) is 5.52. The molecule has 4 rings (SSSR count). The van der Waals surface area contributed by atoms with Crippen LogP contribution in [0.2, 0.25) is 4.34 Å². The summed E-state index contributed by atoms with van der Waals surface area (Å²) in [6, 6.07) is 16.5. The van der Waals surface area contributed by atoms with Crippen molar-refractivity contribution < 1.29 is 17.9 Å². The van der Waals surface area contributed by atoms with Crippen molar-refractivity contribution in [1.82, 2.24) is 14.7 Å². The summed E-state index contributed by atoms with van der Waals surface area (Å²) in [5.74, 6) is 0.352. The fraction of sp³-hybridized carbons (Fsp3) is 0.250. The SMILES string of the molecule is COc1cccc2c1c(NS(=O)(=O)c1ccc(Cl)s1)nn2Cc1cccc(CN(C)CCC(N)=O)c1. The number of methoxy groups -OCH3 is 1. The average molecular weight is 548 g/mol. The summed E-state index contributed by atoms with van der Waals surface area (Å²) in [7, 11) is -0.424. The smallest absolute Gasteiger partial charge is 0.272 e. The quantitative estimate of drug-likeness (QED) is 0.294. The Morgan fingerprint density at radius 2 is 1.94 bits per heavy atom. The molecule has 4 aromatic rings. The fourth-order valence-electron chi connectivity index (χ4n) is 3.87. The van der Waals surface area contributed by atoms with Gasteiger partial charge in [-0.05, 0) is 42.4 Å². The van der Waals surface area contributed by atoms with Gasteiger partial charge in [0.2, 0.25) is 5.91 Å². The predicted octanol–water partition coefficient (Wildman–Crippen LogP) is 3.92. The summed E-state index contributed by atoms with van der Waals surface area (Å²) < 4.78 is 36.3. The van der Waals surface area contributed by atoms with E-state index < -0.39 is 10.0 Å². The van der Waals surface area contributed by atoms with Crippen LogP contribution in [0.25, 0.3) is 10.9 Å². The molecule has 190 valence electrons. The molecule has 0 fully saturated rings. The molecule has 0 aliphatic rings. The maximum absolute atomic E-state index is 13.0. The van der Waals surface area contributed by atoms with Gasteiger partial charge in [-0.1, -0.05) is 41.9 Å². The van der Waals surface area contributed by atoms with Crippen molar-refractivity contribution in [2.24, 2.45) is 5.73 Å². The molecule has 2 aromatic carbocycles. The minimum absolute atomic E-state index is 0.0956. The Balaban J connectivity index is 1.64. The lowest BCUT2D eigenvalue weighted by atomic mass is 10.1. The van der Waals surface area contributed by atoms with Crippen LogP contribution < -0.4 is 15.2 Å². The number of benzene rings is 2. The Morgan fingerprint density at radius 3 is 2.64 bits per heavy atom. The third-order valence-corrected chi connectivity index (χ3v) is 8.58. The lowest BCUT2D eigenvalue weighted by Gasteiger charge is -2.16. The van der Waals surface area contributed by atoms with Crippen molar-refractivity contribution >= 4 is 55.6 Å². The van der Waals surface area contributed by atoms with Gasteiger partial charge < -0.3 is 15.4 Å². The first-order valence-corrected chi connectivity index (χ1v) is 13.7. The van der Waals surface area contributed by atoms with Crippen molar-refractivity contribution in [3.05, 3.63) is 70.1 Å². The summed E-state index contributed by atoms with van der Waals surface area (Å²) in [5.41, 5.74) is 8.04. The molecular weight excluding hydrogens is 522 g/mol. The highest BCUT2D eigenvalue weighted by atomic mass is 35.5. The lowest BCUT2D eigenvalue weighted by molar-refractivity contribution is -0.118. The minimum atomic E-state index is -3.89. The van der Waals surface area contributed by atoms with E-state index in [9.17, 15) is 13.2 Å². The Labute approximate surface area is 218 Å². The summed E-state index contributed by atoms with van der Waals surface area (Å²) >= 11 is 6.91. The minimum Gasteiger partial charge on any atom is -0.496 e. The molecule has 0 aliphatic heterocycles. The van der Waals surface area contributed by atoms with Gasteiger partial charge in [0.25, 0.3) is 10.0 Å². The van der Waals surface area contributed by atoms with E-state index in [2.05, 4.69) is 15.9 Å². The number of rotatable bonds is 11. The molecule has 0 aliphatic carbocycles. The molecule has 0 saturated carbocycles. The summed E-state index contributed by atoms with van der Waals surface area (Å²) in [5, 5.41) is 5.17. The number of aromatic nitrogens is 2. The number of fused-ring (bicyclic) bond motifs is 1. The summed E-state index contributed by atoms with van der Waals surface area (Å²) in [6.07, 6.45) is 0.299. The van der Waals surface area contributed by atoms with Crippen LogP contribution in [0.5, 0.6) is 5.75 Å². The van der Waals surface area contributed by atoms with Crippen LogP contribution in [0, 0.1) is 0 Å². The van der Waals surface area contributed by atoms with Crippen LogP contribution in [0.1, 0.15) is 17.5 Å². The van der Waals surface area contributed by atoms with Crippen LogP contribution in [0.4, 0.5) is 5.82 Å². The highest BCUT2D eigenvalue weighted by Crippen LogP contribution is 2.35. The van der Waals surface area contributed by atoms with Gasteiger partial charge in [0.05, 0.1) is 28.9 Å². The Hall–Kier alpha value is -3.12. The number of anilines is 1. The van der Waals surface area contributed by atoms with Crippen molar-refractivity contribution in [2.45, 2.75) is 23.7 Å². The van der Waals surface area contributed by atoms with Crippen molar-refractivity contribution in [3.8, 4) is 5.75 Å². The van der Waals surface area contributed by atoms with Gasteiger partial charge in [0.15, 0.2) is 5.82 Å². The maximum atomic E-state index is 13.0. The second kappa shape index (κ2) is 10.9. The predicted molar refractivity (Wildman–Crippen MR) is 142 cm³/mol. The van der Waals surface area contributed by atoms with E-state index in [1.165, 1.54) is 19.2 Å². The molecule has 2 heterocycles. The van der Waals surface area contributed by atoms with E-state index in [0.717, 1.165) is 28.0 Å². The summed E-state index contributed by atoms with van der Waals surface area (Å²) in [4.78, 5) is 13.1. The van der Waals surface area contributed by atoms with Crippen molar-refractivity contribution in [2.75, 3.05) is 25.4 Å². The monoisotopic (exact) mass is 547 g/mol. The van der Waals surface area contributed by atoms with Gasteiger partial charge in [0, 0.05) is 19.5 Å². The van der Waals surface area contributed by atoms with Gasteiger partial charge in [-0.25, -0.2) is 8.42 Å². The second-order valence-electron chi connectivity index (χ2n) is 8.30. The molecule has 12 heteroatoms. The zero-order chi connectivity index (χ0) is 25.9. The zero-order valence-corrected chi connectivity index (χ0v) is 22.2. The molecule has 3 N–H and O–H groups in total. The van der Waals surface area contributed by atoms with Gasteiger partial charge in [-0.2, -0.15) is 5.10 Å². The van der Waals surface area contributed by atoms with Gasteiger partial charge in [-0.15, -0.1) is 11.3 Å². The second-order valence-corrected chi connectivity index (χ2v) is 11.9. The topological polar surface area (TPSA) is 120 Å². The molecule has 1 amide bonds. The van der Waals surface area contributed by atoms with Gasteiger partial charge >= 0.3 is 0 Å². The van der Waals surface area contributed by atoms with E-state index >= 15 is 0 Å². The zero-order valence-electron chi connectivity index (χ0n) is 19.8. The van der Waals surface area contributed by atoms with E-state index in [0.29, 0.717) is 41.5 Å². The third kappa shape index (κ3) is 5.98. The number of thiophene rings is 1. The number of nitrogens with zero attached hydrogens (tertiary/aromatic N) is 3. The molecular formula is C24H26ClN5O4S2. The van der Waals surface area contributed by atoms with E-state index in [1.807, 2.05) is 42.3 Å². The molecule has 0 saturated heterocycles. The van der Waals surface area contributed by atoms with Crippen LogP contribution in [0.3, 0.4) is 0 Å². The van der Waals surface area contributed by atoms with E-state index in [-0.39, 0.29) is 15.9 Å². The number of nitrogens with two attached hydrogens (primary N) is 1. The molecule has 0 unspecified atom stereocenters. The van der Waals surface area contributed by atoms with Crippen LogP contribution in [-0.2, 0) is 27.9 Å². The number of sulfonamides is 1. The highest BCUT2D eigenvalue weighted by molar-refractivity contribution is 7.94. The number of halogens is 1. The normalized spacial score (nSPS) is 11.8. The molecule has 0 atom stereocenters. The van der Waals surface area contributed by atoms with Gasteiger partial charge in [-0.3, -0.25) is 14.2 Å². The van der Waals surface area contributed by atoms with Gasteiger partial charge in [0.1, 0.15) is 9.96 Å². The first kappa shape index (κ1) is 26.0. The number of hydrogen-bond acceptors (Lipinski definition) is 7. The maximum Gasteiger partial charge on any atom is 0.272 e. The number of ether oxygens (including phenoxy) is 1. The first-order valence-electron chi connectivity index (χ1n) is 11.0. The number of nitrogens with one attached hydrogen (secondary N) is 1. The lowest BCUT2D eigenvalue weighted by Crippen LogP contribution is -2.24. The van der Waals surface area contributed by atoms with E-state index in [1.54, 1.807) is 10.7 Å². The average Bonchev–Trinajstić information content (AvgIpc) is 3.42. The number of primary amides is 1. The Bertz CT molecular complexity index is 1500. The molecule has 0 radical (unpaired) electrons. The fourth-order valence-corrected chi connectivity index (χ4v) is 6.36. The largest absolute Gasteiger partial charge is 0.496 e. The van der Waals surface area contributed by atoms with Crippen LogP contribution in [0.15, 0.2) is 58.8 Å². The van der Waals surface area contributed by atoms with Crippen LogP contribution >= 0.6 is 22.9 Å². The molecule has 2 aromatic heterocycles. The molecule has 0 bridgehead atoms. The summed E-state index contributed by atoms with van der Waals surface area (Å²) in [6.45, 7) is 1.64. The number of carbonyl (C=O) groups excluding carboxylic acids is 1. The molecule has 0 spiro atoms. The standard InChI is InChI=1S/C24H26ClN5O4S2/c1-29(12-11-21(26)31)14-16-5-3-6-17(13-16)15-30-18-7-4-8-19(34-2)23(18)24(27-30)28-36(32,33)22-10-9-20(25)35-22/h3-10,13H,11-12,14-15H2,1-2H3,(H2,26,31)(H,27,28).